The van der Waals surface area contributed by atoms with Crippen LogP contribution in [-0.4, -0.2) is 142 Å². The normalized spacial score (nSPS) is 12.1. The standard InChI is InChI=1S/C51H63N15O12.C2H6/c1-6-57-37(19-29(3)53)48(75)60-50-58-35-21-32(47(55)74)24-40(78-18-12-13-41(67)68)45(35)64(50)15-9-10-16-65-44-36(59-51(65)61-49(76)38-20-30(4)62-66(38)7-2)22-31(46(54)73)23-39(44)77-17-11-8-14-56-28-34(27-52)63(5)33(25-42(69)70)26-43(71)72;1-2/h8-11,19-24,27-28,33H,6-7,12-18,25-26,52-53H2,1-5H3,(H2,54,73)(H2,55,74)(H,67,68)(H,69,70)(H,71,72)(H,58,60,75)(H,59,61,76);1-2H3/b10-9+,11-8+,29-19-,34-27+,56-28?,57-37?;. The summed E-state index contributed by atoms with van der Waals surface area (Å²) in [7, 11) is 1.51. The predicted molar refractivity (Wildman–Crippen MR) is 301 cm³/mol. The number of benzene rings is 2. The minimum atomic E-state index is -1.18. The molecule has 0 saturated carbocycles. The number of aliphatic imine (C=N–C) groups is 2. The fourth-order valence-corrected chi connectivity index (χ4v) is 7.85. The van der Waals surface area contributed by atoms with E-state index in [9.17, 15) is 48.9 Å². The highest BCUT2D eigenvalue weighted by Crippen LogP contribution is 2.33. The molecule has 13 N–H and O–H groups in total. The molecular formula is C53H69N15O12. The lowest BCUT2D eigenvalue weighted by atomic mass is 10.1. The zero-order valence-corrected chi connectivity index (χ0v) is 45.6. The molecular weight excluding hydrogens is 1040 g/mol. The van der Waals surface area contributed by atoms with Crippen LogP contribution in [0.3, 0.4) is 0 Å². The second-order valence-electron chi connectivity index (χ2n) is 17.3. The zero-order valence-electron chi connectivity index (χ0n) is 45.6. The van der Waals surface area contributed by atoms with E-state index >= 15 is 0 Å². The fourth-order valence-electron chi connectivity index (χ4n) is 7.85. The van der Waals surface area contributed by atoms with Gasteiger partial charge in [0.2, 0.25) is 23.7 Å². The van der Waals surface area contributed by atoms with Crippen molar-refractivity contribution in [2.24, 2.45) is 32.9 Å². The number of hydrogen-bond donors (Lipinski definition) is 9. The van der Waals surface area contributed by atoms with Crippen molar-refractivity contribution < 1.29 is 58.4 Å². The molecule has 428 valence electrons. The molecule has 0 spiro atoms. The number of nitrogens with zero attached hydrogens (tertiary/aromatic N) is 9. The third kappa shape index (κ3) is 17.3. The first-order valence-corrected chi connectivity index (χ1v) is 25.3. The van der Waals surface area contributed by atoms with Crippen molar-refractivity contribution in [3.8, 4) is 11.5 Å². The van der Waals surface area contributed by atoms with Crippen LogP contribution >= 0.6 is 0 Å². The highest BCUT2D eigenvalue weighted by atomic mass is 16.5. The number of carbonyl (C=O) groups excluding carboxylic acids is 4. The molecule has 0 bridgehead atoms. The summed E-state index contributed by atoms with van der Waals surface area (Å²) in [5.41, 5.74) is 25.8. The Morgan fingerprint density at radius 3 is 1.85 bits per heavy atom. The summed E-state index contributed by atoms with van der Waals surface area (Å²) in [5, 5.41) is 38.0. The molecule has 0 atom stereocenters. The zero-order chi connectivity index (χ0) is 59.2. The first-order chi connectivity index (χ1) is 38.1. The van der Waals surface area contributed by atoms with Gasteiger partial charge in [0.1, 0.15) is 40.5 Å². The van der Waals surface area contributed by atoms with Crippen molar-refractivity contribution in [3.63, 3.8) is 0 Å². The number of aromatic nitrogens is 6. The summed E-state index contributed by atoms with van der Waals surface area (Å²) in [6.45, 7) is 11.5. The lowest BCUT2D eigenvalue weighted by Gasteiger charge is -2.28. The molecule has 0 saturated heterocycles. The third-order valence-corrected chi connectivity index (χ3v) is 11.4. The number of carboxylic acids is 3. The van der Waals surface area contributed by atoms with E-state index in [1.54, 1.807) is 60.3 Å². The topological polar surface area (TPSA) is 408 Å². The summed E-state index contributed by atoms with van der Waals surface area (Å²) < 4.78 is 17.1. The maximum Gasteiger partial charge on any atom is 0.305 e. The van der Waals surface area contributed by atoms with Crippen LogP contribution in [0, 0.1) is 6.92 Å². The molecule has 27 nitrogen and oxygen atoms in total. The number of ether oxygens (including phenoxy) is 2. The minimum absolute atomic E-state index is 0.00421. The summed E-state index contributed by atoms with van der Waals surface area (Å²) in [6, 6.07) is 6.42. The number of nitrogens with two attached hydrogens (primary N) is 4. The maximum absolute atomic E-state index is 14.0. The van der Waals surface area contributed by atoms with Crippen molar-refractivity contribution in [1.29, 1.82) is 0 Å². The Labute approximate surface area is 460 Å². The van der Waals surface area contributed by atoms with Crippen molar-refractivity contribution >= 4 is 87.4 Å². The SMILES string of the molecule is CC.CCN=C(/C=C(/C)N)C(=O)Nc1nc2cc(C(N)=O)cc(OCCCC(=O)O)c2n1C/C=C/Cn1c(NC(=O)c2cc(C)nn2CC)nc2cc(C(N)=O)cc(OC/C=C/CN=C/C(=C\N)N(C)C(CC(=O)O)CC(=O)O)c21. The van der Waals surface area contributed by atoms with Crippen LogP contribution in [-0.2, 0) is 38.8 Å². The Hall–Kier alpha value is -9.82. The lowest BCUT2D eigenvalue weighted by molar-refractivity contribution is -0.141. The Bertz CT molecular complexity index is 3250. The average molecular weight is 1110 g/mol. The quantitative estimate of drug-likeness (QED) is 0.0177. The van der Waals surface area contributed by atoms with E-state index in [1.807, 2.05) is 20.8 Å². The predicted octanol–water partition coefficient (Wildman–Crippen LogP) is 4.20. The second kappa shape index (κ2) is 30.2. The molecule has 3 aromatic heterocycles. The molecule has 0 fully saturated rings. The molecule has 4 amide bonds. The molecule has 0 aliphatic heterocycles. The number of imidazole rings is 2. The Balaban J connectivity index is 0.00000681. The summed E-state index contributed by atoms with van der Waals surface area (Å²) >= 11 is 0. The van der Waals surface area contributed by atoms with Crippen LogP contribution in [0.4, 0.5) is 11.9 Å². The van der Waals surface area contributed by atoms with Gasteiger partial charge in [-0.05, 0) is 76.6 Å². The van der Waals surface area contributed by atoms with E-state index in [0.29, 0.717) is 29.0 Å². The smallest absolute Gasteiger partial charge is 0.305 e. The molecule has 5 rings (SSSR count). The molecule has 27 heteroatoms. The molecule has 0 aliphatic carbocycles. The number of rotatable bonds is 30. The van der Waals surface area contributed by atoms with E-state index in [4.69, 9.17) is 37.4 Å². The number of aryl methyl sites for hydroxylation is 2. The molecule has 3 heterocycles. The van der Waals surface area contributed by atoms with Crippen molar-refractivity contribution in [3.05, 3.63) is 101 Å². The lowest BCUT2D eigenvalue weighted by Crippen LogP contribution is -2.36. The first-order valence-electron chi connectivity index (χ1n) is 25.3. The number of aliphatic carboxylic acids is 3. The minimum Gasteiger partial charge on any atom is -0.491 e. The van der Waals surface area contributed by atoms with Gasteiger partial charge in [0.05, 0.1) is 48.4 Å². The molecule has 2 aromatic carbocycles. The van der Waals surface area contributed by atoms with Gasteiger partial charge >= 0.3 is 17.9 Å². The molecule has 0 unspecified atom stereocenters. The van der Waals surface area contributed by atoms with Gasteiger partial charge in [-0.25, -0.2) is 9.97 Å². The number of carbonyl (C=O) groups is 7. The van der Waals surface area contributed by atoms with E-state index in [1.165, 1.54) is 59.4 Å². The average Bonchev–Trinajstić information content (AvgIpc) is 4.08. The highest BCUT2D eigenvalue weighted by molar-refractivity contribution is 6.47. The number of anilines is 2. The van der Waals surface area contributed by atoms with E-state index < -0.39 is 60.4 Å². The number of nitrogens with one attached hydrogen (secondary N) is 2. The van der Waals surface area contributed by atoms with Crippen molar-refractivity contribution in [2.45, 2.75) is 92.9 Å². The fraction of sp³-hybridized carbons (Fsp3) is 0.358. The van der Waals surface area contributed by atoms with Crippen molar-refractivity contribution in [1.82, 2.24) is 33.8 Å². The highest BCUT2D eigenvalue weighted by Gasteiger charge is 2.25. The van der Waals surface area contributed by atoms with Crippen LogP contribution < -0.4 is 43.0 Å². The van der Waals surface area contributed by atoms with Gasteiger partial charge < -0.3 is 61.8 Å². The third-order valence-electron chi connectivity index (χ3n) is 11.4. The number of primary amides is 2. The van der Waals surface area contributed by atoms with Crippen LogP contribution in [0.2, 0.25) is 0 Å². The molecule has 0 radical (unpaired) electrons. The number of fused-ring (bicyclic) bond motifs is 2. The van der Waals surface area contributed by atoms with E-state index in [2.05, 4.69) is 30.7 Å². The van der Waals surface area contributed by atoms with E-state index in [0.717, 1.165) is 0 Å². The second-order valence-corrected chi connectivity index (χ2v) is 17.3. The number of amides is 4. The van der Waals surface area contributed by atoms with Gasteiger partial charge in [-0.3, -0.25) is 58.9 Å². The summed E-state index contributed by atoms with van der Waals surface area (Å²) in [4.78, 5) is 106. The first kappa shape index (κ1) is 62.7. The number of carboxylic acid groups (broad SMARTS) is 3. The number of allylic oxidation sites excluding steroid dienone is 4. The van der Waals surface area contributed by atoms with Gasteiger partial charge in [-0.15, -0.1) is 0 Å². The summed E-state index contributed by atoms with van der Waals surface area (Å²) in [6.07, 6.45) is 9.72. The van der Waals surface area contributed by atoms with Crippen LogP contribution in [0.5, 0.6) is 11.5 Å². The van der Waals surface area contributed by atoms with Gasteiger partial charge in [0, 0.05) is 74.9 Å². The molecule has 80 heavy (non-hydrogen) atoms. The van der Waals surface area contributed by atoms with Gasteiger partial charge in [0.15, 0.2) is 0 Å². The number of hydrogen-bond acceptors (Lipinski definition) is 17. The Morgan fingerprint density at radius 2 is 1.35 bits per heavy atom. The van der Waals surface area contributed by atoms with Gasteiger partial charge in [-0.2, -0.15) is 5.10 Å². The van der Waals surface area contributed by atoms with Gasteiger partial charge in [-0.1, -0.05) is 32.1 Å². The van der Waals surface area contributed by atoms with Crippen LogP contribution in [0.1, 0.15) is 97.2 Å². The molecule has 5 aromatic rings. The van der Waals surface area contributed by atoms with Crippen LogP contribution in [0.15, 0.2) is 88.3 Å². The molecule has 0 aliphatic rings. The van der Waals surface area contributed by atoms with E-state index in [-0.39, 0.29) is 115 Å². The van der Waals surface area contributed by atoms with Crippen LogP contribution in [0.25, 0.3) is 22.1 Å². The van der Waals surface area contributed by atoms with Crippen molar-refractivity contribution in [2.75, 3.05) is 44.0 Å². The van der Waals surface area contributed by atoms with Gasteiger partial charge in [0.25, 0.3) is 11.8 Å². The Morgan fingerprint density at radius 1 is 0.787 bits per heavy atom. The monoisotopic (exact) mass is 1110 g/mol. The Kier molecular flexibility index (Phi) is 23.7. The summed E-state index contributed by atoms with van der Waals surface area (Å²) in [5.74, 6) is -5.86. The largest absolute Gasteiger partial charge is 0.491 e. The maximum atomic E-state index is 14.0.